The Balaban J connectivity index is 2.04. The normalized spacial score (nSPS) is 10.5. The first-order valence-corrected chi connectivity index (χ1v) is 8.34. The minimum atomic E-state index is -0.154. The number of nitrogens with one attached hydrogen (secondary N) is 1. The minimum Gasteiger partial charge on any atom is -0.484 e. The fourth-order valence-corrected chi connectivity index (χ4v) is 2.92. The minimum absolute atomic E-state index is 0.00668. The van der Waals surface area contributed by atoms with E-state index in [1.807, 2.05) is 46.8 Å². The molecule has 3 nitrogen and oxygen atoms in total. The van der Waals surface area contributed by atoms with Crippen molar-refractivity contribution in [3.63, 3.8) is 0 Å². The highest BCUT2D eigenvalue weighted by Gasteiger charge is 2.10. The van der Waals surface area contributed by atoms with Crippen LogP contribution in [0.1, 0.15) is 27.8 Å². The van der Waals surface area contributed by atoms with E-state index in [1.54, 1.807) is 0 Å². The van der Waals surface area contributed by atoms with Gasteiger partial charge in [-0.25, -0.2) is 0 Å². The van der Waals surface area contributed by atoms with Gasteiger partial charge in [-0.3, -0.25) is 4.79 Å². The first-order valence-electron chi connectivity index (χ1n) is 7.55. The van der Waals surface area contributed by atoms with Crippen molar-refractivity contribution in [2.75, 3.05) is 11.9 Å². The molecule has 0 bridgehead atoms. The summed E-state index contributed by atoms with van der Waals surface area (Å²) < 4.78 is 6.70. The van der Waals surface area contributed by atoms with Gasteiger partial charge in [-0.05, 0) is 69.0 Å². The lowest BCUT2D eigenvalue weighted by Gasteiger charge is -2.14. The highest BCUT2D eigenvalue weighted by molar-refractivity contribution is 9.10. The lowest BCUT2D eigenvalue weighted by Crippen LogP contribution is -2.21. The van der Waals surface area contributed by atoms with Gasteiger partial charge in [0, 0.05) is 10.2 Å². The molecule has 4 heteroatoms. The number of benzene rings is 2. The largest absolute Gasteiger partial charge is 0.484 e. The fourth-order valence-electron chi connectivity index (χ4n) is 2.69. The Bertz CT molecular complexity index is 707. The van der Waals surface area contributed by atoms with Crippen LogP contribution < -0.4 is 10.1 Å². The number of hydrogen-bond acceptors (Lipinski definition) is 2. The molecule has 0 spiro atoms. The smallest absolute Gasteiger partial charge is 0.262 e. The number of ether oxygens (including phenoxy) is 1. The zero-order chi connectivity index (χ0) is 17.1. The van der Waals surface area contributed by atoms with Gasteiger partial charge < -0.3 is 10.1 Å². The number of amides is 1. The van der Waals surface area contributed by atoms with Gasteiger partial charge in [0.15, 0.2) is 6.61 Å². The molecule has 0 saturated heterocycles. The van der Waals surface area contributed by atoms with Crippen molar-refractivity contribution >= 4 is 27.5 Å². The molecule has 2 aromatic carbocycles. The molecule has 0 saturated carbocycles. The van der Waals surface area contributed by atoms with Gasteiger partial charge >= 0.3 is 0 Å². The van der Waals surface area contributed by atoms with Crippen LogP contribution in [0, 0.1) is 34.6 Å². The molecule has 2 rings (SSSR count). The predicted octanol–water partition coefficient (Wildman–Crippen LogP) is 5.01. The number of hydrogen-bond donors (Lipinski definition) is 1. The third-order valence-electron chi connectivity index (χ3n) is 3.72. The summed E-state index contributed by atoms with van der Waals surface area (Å²) in [5.41, 5.74) is 6.36. The molecule has 1 N–H and O–H groups in total. The van der Waals surface area contributed by atoms with Crippen molar-refractivity contribution in [1.29, 1.82) is 0 Å². The number of halogens is 1. The molecular formula is C19H22BrNO2. The Kier molecular flexibility index (Phi) is 5.47. The zero-order valence-electron chi connectivity index (χ0n) is 14.2. The van der Waals surface area contributed by atoms with Gasteiger partial charge in [-0.15, -0.1) is 0 Å². The standard InChI is InChI=1S/C19H22BrNO2/c1-11-6-14(4)19(15(5)7-11)21-17(22)10-23-16-8-12(2)18(20)13(3)9-16/h6-9H,10H2,1-5H3,(H,21,22). The Morgan fingerprint density at radius 3 is 2.00 bits per heavy atom. The van der Waals surface area contributed by atoms with E-state index < -0.39 is 0 Å². The van der Waals surface area contributed by atoms with E-state index in [9.17, 15) is 4.79 Å². The third kappa shape index (κ3) is 4.35. The van der Waals surface area contributed by atoms with Crippen molar-refractivity contribution in [1.82, 2.24) is 0 Å². The summed E-state index contributed by atoms with van der Waals surface area (Å²) in [5, 5.41) is 2.94. The third-order valence-corrected chi connectivity index (χ3v) is 4.97. The van der Waals surface area contributed by atoms with Gasteiger partial charge in [0.05, 0.1) is 0 Å². The fraction of sp³-hybridized carbons (Fsp3) is 0.316. The lowest BCUT2D eigenvalue weighted by molar-refractivity contribution is -0.118. The average molecular weight is 376 g/mol. The SMILES string of the molecule is Cc1cc(C)c(NC(=O)COc2cc(C)c(Br)c(C)c2)c(C)c1. The van der Waals surface area contributed by atoms with Crippen molar-refractivity contribution < 1.29 is 9.53 Å². The van der Waals surface area contributed by atoms with E-state index >= 15 is 0 Å². The molecule has 0 aliphatic heterocycles. The van der Waals surface area contributed by atoms with Gasteiger partial charge in [0.1, 0.15) is 5.75 Å². The van der Waals surface area contributed by atoms with E-state index in [-0.39, 0.29) is 12.5 Å². The van der Waals surface area contributed by atoms with Crippen LogP contribution in [-0.2, 0) is 4.79 Å². The number of aryl methyl sites for hydroxylation is 5. The molecule has 1 amide bonds. The summed E-state index contributed by atoms with van der Waals surface area (Å²) in [6.07, 6.45) is 0. The second-order valence-electron chi connectivity index (χ2n) is 5.98. The quantitative estimate of drug-likeness (QED) is 0.815. The predicted molar refractivity (Wildman–Crippen MR) is 98.4 cm³/mol. The Hall–Kier alpha value is -1.81. The first-order chi connectivity index (χ1) is 10.8. The van der Waals surface area contributed by atoms with Crippen molar-refractivity contribution in [2.45, 2.75) is 34.6 Å². The molecule has 0 heterocycles. The molecule has 0 aliphatic rings. The van der Waals surface area contributed by atoms with Crippen LogP contribution in [0.3, 0.4) is 0 Å². The van der Waals surface area contributed by atoms with Crippen molar-refractivity contribution in [3.05, 3.63) is 56.6 Å². The maximum Gasteiger partial charge on any atom is 0.262 e. The summed E-state index contributed by atoms with van der Waals surface area (Å²) >= 11 is 3.52. The Morgan fingerprint density at radius 1 is 0.957 bits per heavy atom. The molecule has 2 aromatic rings. The number of anilines is 1. The summed E-state index contributed by atoms with van der Waals surface area (Å²) in [4.78, 5) is 12.2. The summed E-state index contributed by atoms with van der Waals surface area (Å²) in [6.45, 7) is 10.0. The maximum atomic E-state index is 12.2. The highest BCUT2D eigenvalue weighted by Crippen LogP contribution is 2.26. The van der Waals surface area contributed by atoms with E-state index in [2.05, 4.69) is 33.4 Å². The molecule has 0 aromatic heterocycles. The van der Waals surface area contributed by atoms with E-state index in [1.165, 1.54) is 5.56 Å². The van der Waals surface area contributed by atoms with Crippen LogP contribution in [0.15, 0.2) is 28.7 Å². The topological polar surface area (TPSA) is 38.3 Å². The average Bonchev–Trinajstić information content (AvgIpc) is 2.46. The van der Waals surface area contributed by atoms with Crippen LogP contribution in [0.4, 0.5) is 5.69 Å². The van der Waals surface area contributed by atoms with Gasteiger partial charge in [-0.2, -0.15) is 0 Å². The van der Waals surface area contributed by atoms with Gasteiger partial charge in [0.25, 0.3) is 5.91 Å². The van der Waals surface area contributed by atoms with Crippen LogP contribution in [0.2, 0.25) is 0 Å². The van der Waals surface area contributed by atoms with E-state index in [4.69, 9.17) is 4.74 Å². The molecule has 23 heavy (non-hydrogen) atoms. The van der Waals surface area contributed by atoms with Crippen molar-refractivity contribution in [2.24, 2.45) is 0 Å². The second-order valence-corrected chi connectivity index (χ2v) is 6.77. The lowest BCUT2D eigenvalue weighted by atomic mass is 10.1. The van der Waals surface area contributed by atoms with Gasteiger partial charge in [0.2, 0.25) is 0 Å². The molecule has 0 radical (unpaired) electrons. The van der Waals surface area contributed by atoms with E-state index in [0.29, 0.717) is 5.75 Å². The van der Waals surface area contributed by atoms with Crippen molar-refractivity contribution in [3.8, 4) is 5.75 Å². The molecule has 0 atom stereocenters. The van der Waals surface area contributed by atoms with Crippen LogP contribution in [0.5, 0.6) is 5.75 Å². The second kappa shape index (κ2) is 7.18. The zero-order valence-corrected chi connectivity index (χ0v) is 15.8. The summed E-state index contributed by atoms with van der Waals surface area (Å²) in [6, 6.07) is 7.97. The monoisotopic (exact) mass is 375 g/mol. The molecule has 0 fully saturated rings. The Morgan fingerprint density at radius 2 is 1.48 bits per heavy atom. The number of carbonyl (C=O) groups excluding carboxylic acids is 1. The highest BCUT2D eigenvalue weighted by atomic mass is 79.9. The molecule has 0 aliphatic carbocycles. The maximum absolute atomic E-state index is 12.2. The van der Waals surface area contributed by atoms with Crippen LogP contribution in [-0.4, -0.2) is 12.5 Å². The summed E-state index contributed by atoms with van der Waals surface area (Å²) in [5.74, 6) is 0.550. The molecule has 122 valence electrons. The van der Waals surface area contributed by atoms with E-state index in [0.717, 1.165) is 32.4 Å². The number of carbonyl (C=O) groups is 1. The van der Waals surface area contributed by atoms with Gasteiger partial charge in [-0.1, -0.05) is 33.6 Å². The van der Waals surface area contributed by atoms with Crippen LogP contribution in [0.25, 0.3) is 0 Å². The Labute approximate surface area is 146 Å². The molecule has 0 unspecified atom stereocenters. The molecular weight excluding hydrogens is 354 g/mol. The number of rotatable bonds is 4. The van der Waals surface area contributed by atoms with Crippen LogP contribution >= 0.6 is 15.9 Å². The summed E-state index contributed by atoms with van der Waals surface area (Å²) in [7, 11) is 0. The first kappa shape index (κ1) is 17.5.